The lowest BCUT2D eigenvalue weighted by molar-refractivity contribution is -0.124. The second-order valence-electron chi connectivity index (χ2n) is 8.72. The summed E-state index contributed by atoms with van der Waals surface area (Å²) in [5.74, 6) is 0.00781. The molecule has 162 valence electrons. The van der Waals surface area contributed by atoms with E-state index < -0.39 is 11.5 Å². The predicted molar refractivity (Wildman–Crippen MR) is 116 cm³/mol. The molecule has 0 fully saturated rings. The third-order valence-corrected chi connectivity index (χ3v) is 5.62. The molecule has 3 heterocycles. The second-order valence-corrected chi connectivity index (χ2v) is 9.12. The number of hydrogen-bond acceptors (Lipinski definition) is 5. The average molecular weight is 433 g/mol. The smallest absolute Gasteiger partial charge is 0.272 e. The first-order valence-electron chi connectivity index (χ1n) is 10.0. The van der Waals surface area contributed by atoms with Gasteiger partial charge in [-0.15, -0.1) is 0 Å². The number of aromatic nitrogens is 3. The van der Waals surface area contributed by atoms with Crippen LogP contribution in [0, 0.1) is 5.41 Å². The van der Waals surface area contributed by atoms with Gasteiger partial charge in [0, 0.05) is 32.5 Å². The zero-order valence-corrected chi connectivity index (χ0v) is 18.9. The van der Waals surface area contributed by atoms with Gasteiger partial charge in [0.25, 0.3) is 5.91 Å². The molecule has 1 aliphatic rings. The summed E-state index contributed by atoms with van der Waals surface area (Å²) in [6.07, 6.45) is 4.21. The fraction of sp³-hybridized carbons (Fsp3) is 0.524. The van der Waals surface area contributed by atoms with Crippen LogP contribution in [0.2, 0.25) is 5.02 Å². The van der Waals surface area contributed by atoms with E-state index in [9.17, 15) is 9.59 Å². The molecule has 3 rings (SSSR count). The van der Waals surface area contributed by atoms with Crippen LogP contribution in [0.3, 0.4) is 0 Å². The van der Waals surface area contributed by atoms with E-state index in [2.05, 4.69) is 25.5 Å². The van der Waals surface area contributed by atoms with Gasteiger partial charge in [-0.1, -0.05) is 32.4 Å². The molecule has 0 aliphatic carbocycles. The highest BCUT2D eigenvalue weighted by Gasteiger charge is 2.34. The summed E-state index contributed by atoms with van der Waals surface area (Å²) in [5, 5.41) is 6.06. The van der Waals surface area contributed by atoms with Crippen LogP contribution in [0.25, 0.3) is 11.4 Å². The third-order valence-electron chi connectivity index (χ3n) is 5.29. The van der Waals surface area contributed by atoms with Crippen LogP contribution in [0.15, 0.2) is 18.5 Å². The highest BCUT2D eigenvalue weighted by atomic mass is 35.5. The van der Waals surface area contributed by atoms with Crippen LogP contribution in [-0.2, 0) is 17.9 Å². The van der Waals surface area contributed by atoms with E-state index in [1.807, 2.05) is 32.4 Å². The van der Waals surface area contributed by atoms with Crippen molar-refractivity contribution in [1.29, 1.82) is 0 Å². The summed E-state index contributed by atoms with van der Waals surface area (Å²) in [4.78, 5) is 36.7. The van der Waals surface area contributed by atoms with Crippen LogP contribution >= 0.6 is 11.6 Å². The molecule has 2 N–H and O–H groups in total. The summed E-state index contributed by atoms with van der Waals surface area (Å²) in [6, 6.07) is 1.02. The molecule has 2 aromatic rings. The maximum Gasteiger partial charge on any atom is 0.272 e. The molecule has 1 aliphatic heterocycles. The van der Waals surface area contributed by atoms with Gasteiger partial charge < -0.3 is 20.1 Å². The Hall–Kier alpha value is -2.45. The molecule has 9 heteroatoms. The molecular formula is C21H29ClN6O2. The molecule has 0 saturated heterocycles. The molecule has 0 bridgehead atoms. The zero-order chi connectivity index (χ0) is 22.1. The van der Waals surface area contributed by atoms with Crippen molar-refractivity contribution < 1.29 is 9.59 Å². The molecular weight excluding hydrogens is 404 g/mol. The highest BCUT2D eigenvalue weighted by molar-refractivity contribution is 6.33. The number of carbonyl (C=O) groups is 2. The van der Waals surface area contributed by atoms with Crippen molar-refractivity contribution in [2.24, 2.45) is 5.41 Å². The van der Waals surface area contributed by atoms with Crippen molar-refractivity contribution in [2.75, 3.05) is 20.6 Å². The molecule has 2 amide bonds. The lowest BCUT2D eigenvalue weighted by Crippen LogP contribution is -2.53. The van der Waals surface area contributed by atoms with Gasteiger partial charge >= 0.3 is 0 Å². The molecule has 1 atom stereocenters. The molecule has 2 aromatic heterocycles. The Morgan fingerprint density at radius 1 is 1.27 bits per heavy atom. The minimum absolute atomic E-state index is 0.242. The highest BCUT2D eigenvalue weighted by Crippen LogP contribution is 2.30. The van der Waals surface area contributed by atoms with Crippen molar-refractivity contribution >= 4 is 23.4 Å². The van der Waals surface area contributed by atoms with E-state index in [0.29, 0.717) is 28.6 Å². The Kier molecular flexibility index (Phi) is 6.47. The van der Waals surface area contributed by atoms with Crippen molar-refractivity contribution in [3.05, 3.63) is 34.9 Å². The number of rotatable bonds is 4. The van der Waals surface area contributed by atoms with E-state index in [0.717, 1.165) is 25.2 Å². The normalized spacial score (nSPS) is 15.8. The van der Waals surface area contributed by atoms with Crippen LogP contribution in [0.1, 0.15) is 43.4 Å². The minimum atomic E-state index is -0.693. The summed E-state index contributed by atoms with van der Waals surface area (Å²) in [7, 11) is 3.58. The molecule has 0 aromatic carbocycles. The molecule has 0 saturated carbocycles. The molecule has 30 heavy (non-hydrogen) atoms. The maximum atomic E-state index is 13.3. The maximum absolute atomic E-state index is 13.3. The van der Waals surface area contributed by atoms with Crippen molar-refractivity contribution in [1.82, 2.24) is 30.1 Å². The number of pyridine rings is 1. The van der Waals surface area contributed by atoms with Gasteiger partial charge in [-0.2, -0.15) is 0 Å². The predicted octanol–water partition coefficient (Wildman–Crippen LogP) is 2.32. The number of nitrogens with zero attached hydrogens (tertiary/aromatic N) is 4. The van der Waals surface area contributed by atoms with Crippen molar-refractivity contribution in [2.45, 2.75) is 46.3 Å². The fourth-order valence-electron chi connectivity index (χ4n) is 3.67. The lowest BCUT2D eigenvalue weighted by Gasteiger charge is -2.29. The number of imidazole rings is 1. The quantitative estimate of drug-likeness (QED) is 0.773. The van der Waals surface area contributed by atoms with Crippen LogP contribution in [0.5, 0.6) is 0 Å². The van der Waals surface area contributed by atoms with Gasteiger partial charge in [0.15, 0.2) is 5.69 Å². The lowest BCUT2D eigenvalue weighted by atomic mass is 9.86. The Balaban J connectivity index is 2.07. The first-order chi connectivity index (χ1) is 14.1. The number of likely N-dealkylation sites (N-methyl/N-ethyl adjacent to an activating group) is 1. The number of amides is 2. The van der Waals surface area contributed by atoms with Gasteiger partial charge in [0.05, 0.1) is 16.3 Å². The summed E-state index contributed by atoms with van der Waals surface area (Å²) in [5.41, 5.74) is 1.35. The van der Waals surface area contributed by atoms with Gasteiger partial charge in [-0.05, 0) is 31.5 Å². The number of carbonyl (C=O) groups excluding carboxylic acids is 2. The van der Waals surface area contributed by atoms with E-state index in [4.69, 9.17) is 11.6 Å². The monoisotopic (exact) mass is 432 g/mol. The fourth-order valence-corrected chi connectivity index (χ4v) is 3.86. The third kappa shape index (κ3) is 4.49. The summed E-state index contributed by atoms with van der Waals surface area (Å²) < 4.78 is 2.05. The minimum Gasteiger partial charge on any atom is -0.357 e. The van der Waals surface area contributed by atoms with Crippen LogP contribution in [0.4, 0.5) is 0 Å². The van der Waals surface area contributed by atoms with E-state index in [1.54, 1.807) is 25.5 Å². The topological polar surface area (TPSA) is 92.1 Å². The summed E-state index contributed by atoms with van der Waals surface area (Å²) in [6.45, 7) is 7.94. The SMILES string of the molecule is CNC(=O)[C@@H](NC(=O)c1nc(-c2cnccc2Cl)n2c1CN(C)CCC2)C(C)(C)C. The first-order valence-corrected chi connectivity index (χ1v) is 10.4. The van der Waals surface area contributed by atoms with Crippen LogP contribution in [-0.4, -0.2) is 57.9 Å². The zero-order valence-electron chi connectivity index (χ0n) is 18.1. The number of hydrogen-bond donors (Lipinski definition) is 2. The molecule has 8 nitrogen and oxygen atoms in total. The Morgan fingerprint density at radius 3 is 2.63 bits per heavy atom. The number of halogens is 1. The Labute approximate surface area is 182 Å². The molecule has 0 unspecified atom stereocenters. The average Bonchev–Trinajstić information content (AvgIpc) is 2.91. The standard InChI is InChI=1S/C21H29ClN6O2/c1-21(2,3)17(20(30)23-4)26-19(29)16-15-12-27(5)9-6-10-28(15)18(25-16)13-11-24-8-7-14(13)22/h7-8,11,17H,6,9-10,12H2,1-5H3,(H,23,30)(H,26,29)/t17-/m1/s1. The first kappa shape index (κ1) is 22.2. The van der Waals surface area contributed by atoms with Gasteiger partial charge in [-0.3, -0.25) is 14.6 Å². The van der Waals surface area contributed by atoms with E-state index in [-0.39, 0.29) is 11.8 Å². The second kappa shape index (κ2) is 8.73. The van der Waals surface area contributed by atoms with Gasteiger partial charge in [-0.25, -0.2) is 4.98 Å². The van der Waals surface area contributed by atoms with Gasteiger partial charge in [0.1, 0.15) is 11.9 Å². The van der Waals surface area contributed by atoms with E-state index >= 15 is 0 Å². The van der Waals surface area contributed by atoms with Crippen molar-refractivity contribution in [3.8, 4) is 11.4 Å². The number of fused-ring (bicyclic) bond motifs is 1. The number of nitrogens with one attached hydrogen (secondary N) is 2. The molecule has 0 spiro atoms. The molecule has 0 radical (unpaired) electrons. The largest absolute Gasteiger partial charge is 0.357 e. The van der Waals surface area contributed by atoms with Gasteiger partial charge in [0.2, 0.25) is 5.91 Å². The Morgan fingerprint density at radius 2 is 2.00 bits per heavy atom. The van der Waals surface area contributed by atoms with Crippen LogP contribution < -0.4 is 10.6 Å². The Bertz CT molecular complexity index is 949. The van der Waals surface area contributed by atoms with Crippen molar-refractivity contribution in [3.63, 3.8) is 0 Å². The summed E-state index contributed by atoms with van der Waals surface area (Å²) >= 11 is 6.41. The van der Waals surface area contributed by atoms with E-state index in [1.165, 1.54) is 0 Å².